The van der Waals surface area contributed by atoms with Crippen LogP contribution < -0.4 is 4.74 Å². The van der Waals surface area contributed by atoms with E-state index in [2.05, 4.69) is 10.1 Å². The molecule has 0 aliphatic rings. The first-order chi connectivity index (χ1) is 15.0. The van der Waals surface area contributed by atoms with Crippen molar-refractivity contribution < 1.29 is 19.2 Å². The van der Waals surface area contributed by atoms with Gasteiger partial charge in [-0.15, -0.1) is 0 Å². The lowest BCUT2D eigenvalue weighted by atomic mass is 10.1. The molecule has 2 aromatic heterocycles. The lowest BCUT2D eigenvalue weighted by Crippen LogP contribution is -2.03. The Balaban J connectivity index is 1.61. The topological polar surface area (TPSA) is 90.4 Å². The van der Waals surface area contributed by atoms with Crippen LogP contribution in [0.15, 0.2) is 47.1 Å². The van der Waals surface area contributed by atoms with Gasteiger partial charge < -0.3 is 18.9 Å². The number of carboxylic acid groups (broad SMARTS) is 1. The van der Waals surface area contributed by atoms with Gasteiger partial charge in [-0.25, -0.2) is 0 Å². The van der Waals surface area contributed by atoms with Crippen molar-refractivity contribution in [1.82, 2.24) is 14.7 Å². The Hall–Kier alpha value is -3.03. The van der Waals surface area contributed by atoms with Crippen LogP contribution >= 0.6 is 23.2 Å². The molecule has 0 atom stereocenters. The third kappa shape index (κ3) is 4.52. The molecular formula is C22H19Cl2N3O4. The third-order valence-corrected chi connectivity index (χ3v) is 5.32. The summed E-state index contributed by atoms with van der Waals surface area (Å²) < 4.78 is 12.8. The maximum Gasteiger partial charge on any atom is 0.305 e. The lowest BCUT2D eigenvalue weighted by molar-refractivity contribution is -0.137. The Bertz CT molecular complexity index is 1250. The van der Waals surface area contributed by atoms with E-state index >= 15 is 0 Å². The SMILES string of the molecule is CCCOc1ccc(-c2nc(-c3ccc4c(c3)c(Cl)cn4CCC(=O)O)no2)cc1Cl. The van der Waals surface area contributed by atoms with Crippen molar-refractivity contribution in [1.29, 1.82) is 0 Å². The highest BCUT2D eigenvalue weighted by Gasteiger charge is 2.15. The first-order valence-corrected chi connectivity index (χ1v) is 10.5. The van der Waals surface area contributed by atoms with E-state index in [1.54, 1.807) is 18.3 Å². The van der Waals surface area contributed by atoms with E-state index in [1.807, 2.05) is 35.8 Å². The maximum absolute atomic E-state index is 10.9. The van der Waals surface area contributed by atoms with Crippen LogP contribution in [0.2, 0.25) is 10.0 Å². The van der Waals surface area contributed by atoms with Gasteiger partial charge >= 0.3 is 5.97 Å². The highest BCUT2D eigenvalue weighted by molar-refractivity contribution is 6.35. The molecule has 31 heavy (non-hydrogen) atoms. The van der Waals surface area contributed by atoms with Crippen molar-refractivity contribution in [2.24, 2.45) is 0 Å². The fraction of sp³-hybridized carbons (Fsp3) is 0.227. The van der Waals surface area contributed by atoms with Crippen LogP contribution in [0.1, 0.15) is 19.8 Å². The molecule has 0 amide bonds. The Morgan fingerprint density at radius 2 is 1.97 bits per heavy atom. The monoisotopic (exact) mass is 459 g/mol. The number of rotatable bonds is 8. The average Bonchev–Trinajstić information content (AvgIpc) is 3.36. The molecule has 0 unspecified atom stereocenters. The predicted octanol–water partition coefficient (Wildman–Crippen LogP) is 5.93. The minimum absolute atomic E-state index is 0.0148. The number of hydrogen-bond donors (Lipinski definition) is 1. The van der Waals surface area contributed by atoms with Crippen LogP contribution in [0.4, 0.5) is 0 Å². The van der Waals surface area contributed by atoms with Gasteiger partial charge in [0.25, 0.3) is 5.89 Å². The molecule has 0 saturated heterocycles. The van der Waals surface area contributed by atoms with Crippen LogP contribution in [0.25, 0.3) is 33.7 Å². The third-order valence-electron chi connectivity index (χ3n) is 4.72. The molecule has 7 nitrogen and oxygen atoms in total. The molecule has 2 aromatic carbocycles. The number of carboxylic acids is 1. The van der Waals surface area contributed by atoms with Gasteiger partial charge in [-0.3, -0.25) is 4.79 Å². The van der Waals surface area contributed by atoms with Crippen LogP contribution in [-0.4, -0.2) is 32.4 Å². The first-order valence-electron chi connectivity index (χ1n) is 9.73. The van der Waals surface area contributed by atoms with Crippen molar-refractivity contribution in [3.05, 3.63) is 52.6 Å². The van der Waals surface area contributed by atoms with Gasteiger partial charge in [0.1, 0.15) is 5.75 Å². The highest BCUT2D eigenvalue weighted by atomic mass is 35.5. The summed E-state index contributed by atoms with van der Waals surface area (Å²) in [7, 11) is 0. The van der Waals surface area contributed by atoms with E-state index in [-0.39, 0.29) is 6.42 Å². The van der Waals surface area contributed by atoms with Gasteiger partial charge in [-0.1, -0.05) is 35.3 Å². The maximum atomic E-state index is 10.9. The molecular weight excluding hydrogens is 441 g/mol. The molecule has 0 aliphatic carbocycles. The number of fused-ring (bicyclic) bond motifs is 1. The van der Waals surface area contributed by atoms with Crippen molar-refractivity contribution in [3.63, 3.8) is 0 Å². The molecule has 9 heteroatoms. The van der Waals surface area contributed by atoms with Crippen LogP contribution in [0.5, 0.6) is 5.75 Å². The van der Waals surface area contributed by atoms with Crippen molar-refractivity contribution in [2.75, 3.05) is 6.61 Å². The second kappa shape index (κ2) is 8.99. The summed E-state index contributed by atoms with van der Waals surface area (Å²) in [6, 6.07) is 10.9. The first kappa shape index (κ1) is 21.2. The minimum atomic E-state index is -0.862. The number of aryl methyl sites for hydroxylation is 1. The molecule has 0 spiro atoms. The van der Waals surface area contributed by atoms with E-state index in [1.165, 1.54) is 0 Å². The van der Waals surface area contributed by atoms with E-state index in [4.69, 9.17) is 37.6 Å². The van der Waals surface area contributed by atoms with Gasteiger partial charge in [0, 0.05) is 34.8 Å². The smallest absolute Gasteiger partial charge is 0.305 e. The average molecular weight is 460 g/mol. The molecule has 4 aromatic rings. The normalized spacial score (nSPS) is 11.2. The number of halogens is 2. The van der Waals surface area contributed by atoms with Crippen LogP contribution in [0, 0.1) is 0 Å². The van der Waals surface area contributed by atoms with Crippen LogP contribution in [0.3, 0.4) is 0 Å². The number of ether oxygens (including phenoxy) is 1. The van der Waals surface area contributed by atoms with Gasteiger partial charge in [0.05, 0.1) is 23.1 Å². The summed E-state index contributed by atoms with van der Waals surface area (Å²) in [6.07, 6.45) is 2.63. The quantitative estimate of drug-likeness (QED) is 0.351. The largest absolute Gasteiger partial charge is 0.492 e. The number of nitrogens with zero attached hydrogens (tertiary/aromatic N) is 3. The zero-order valence-electron chi connectivity index (χ0n) is 16.6. The van der Waals surface area contributed by atoms with Gasteiger partial charge in [0.2, 0.25) is 5.82 Å². The van der Waals surface area contributed by atoms with Gasteiger partial charge in [-0.05, 0) is 42.8 Å². The number of hydrogen-bond acceptors (Lipinski definition) is 5. The van der Waals surface area contributed by atoms with Gasteiger partial charge in [-0.2, -0.15) is 4.98 Å². The number of carbonyl (C=O) groups is 1. The molecule has 0 saturated carbocycles. The lowest BCUT2D eigenvalue weighted by Gasteiger charge is -2.06. The van der Waals surface area contributed by atoms with Gasteiger partial charge in [0.15, 0.2) is 0 Å². The predicted molar refractivity (Wildman–Crippen MR) is 119 cm³/mol. The second-order valence-corrected chi connectivity index (χ2v) is 7.78. The summed E-state index contributed by atoms with van der Waals surface area (Å²) in [6.45, 7) is 2.95. The highest BCUT2D eigenvalue weighted by Crippen LogP contribution is 2.33. The Morgan fingerprint density at radius 1 is 1.16 bits per heavy atom. The number of benzene rings is 2. The van der Waals surface area contributed by atoms with E-state index < -0.39 is 5.97 Å². The molecule has 0 aliphatic heterocycles. The summed E-state index contributed by atoms with van der Waals surface area (Å²) in [4.78, 5) is 15.4. The van der Waals surface area contributed by atoms with Crippen molar-refractivity contribution >= 4 is 40.1 Å². The second-order valence-electron chi connectivity index (χ2n) is 6.96. The van der Waals surface area contributed by atoms with E-state index in [0.29, 0.717) is 46.2 Å². The molecule has 2 heterocycles. The van der Waals surface area contributed by atoms with Crippen molar-refractivity contribution in [3.8, 4) is 28.6 Å². The summed E-state index contributed by atoms with van der Waals surface area (Å²) in [5.74, 6) is 0.497. The molecule has 160 valence electrons. The molecule has 0 bridgehead atoms. The fourth-order valence-corrected chi connectivity index (χ4v) is 3.72. The fourth-order valence-electron chi connectivity index (χ4n) is 3.21. The number of aliphatic carboxylic acids is 1. The zero-order valence-corrected chi connectivity index (χ0v) is 18.2. The summed E-state index contributed by atoms with van der Waals surface area (Å²) in [5.41, 5.74) is 2.26. The van der Waals surface area contributed by atoms with E-state index in [0.717, 1.165) is 22.9 Å². The molecule has 1 N–H and O–H groups in total. The Labute approximate surface area is 188 Å². The Morgan fingerprint density at radius 3 is 2.71 bits per heavy atom. The molecule has 0 radical (unpaired) electrons. The standard InChI is InChI=1S/C22H19Cl2N3O4/c1-2-9-30-19-6-4-14(11-16(19)23)22-25-21(26-31-22)13-3-5-18-15(10-13)17(24)12-27(18)8-7-20(28)29/h3-6,10-12H,2,7-9H2,1H3,(H,28,29). The summed E-state index contributed by atoms with van der Waals surface area (Å²) >= 11 is 12.7. The zero-order chi connectivity index (χ0) is 22.0. The summed E-state index contributed by atoms with van der Waals surface area (Å²) in [5, 5.41) is 14.8. The minimum Gasteiger partial charge on any atom is -0.492 e. The Kier molecular flexibility index (Phi) is 6.15. The van der Waals surface area contributed by atoms with Crippen molar-refractivity contribution in [2.45, 2.75) is 26.3 Å². The van der Waals surface area contributed by atoms with Crippen LogP contribution in [-0.2, 0) is 11.3 Å². The van der Waals surface area contributed by atoms with E-state index in [9.17, 15) is 4.79 Å². The molecule has 0 fully saturated rings. The number of aromatic nitrogens is 3. The molecule has 4 rings (SSSR count).